The zero-order valence-corrected chi connectivity index (χ0v) is 12.0. The fourth-order valence-electron chi connectivity index (χ4n) is 3.06. The summed E-state index contributed by atoms with van der Waals surface area (Å²) in [6.45, 7) is 4.21. The monoisotopic (exact) mass is 278 g/mol. The Hall–Kier alpha value is -1.56. The van der Waals surface area contributed by atoms with Gasteiger partial charge in [-0.1, -0.05) is 0 Å². The van der Waals surface area contributed by atoms with Crippen LogP contribution in [-0.2, 0) is 11.3 Å². The number of rotatable bonds is 3. The van der Waals surface area contributed by atoms with E-state index >= 15 is 0 Å². The molecule has 0 saturated carbocycles. The highest BCUT2D eigenvalue weighted by molar-refractivity contribution is 5.92. The van der Waals surface area contributed by atoms with Crippen LogP contribution in [0, 0.1) is 5.92 Å². The Kier molecular flexibility index (Phi) is 3.91. The number of aryl methyl sites for hydroxylation is 1. The highest BCUT2D eigenvalue weighted by Gasteiger charge is 2.26. The molecule has 1 saturated heterocycles. The zero-order valence-electron chi connectivity index (χ0n) is 12.0. The molecule has 0 spiro atoms. The Morgan fingerprint density at radius 2 is 2.40 bits per heavy atom. The van der Waals surface area contributed by atoms with E-state index in [1.165, 1.54) is 0 Å². The summed E-state index contributed by atoms with van der Waals surface area (Å²) in [6, 6.07) is 0. The number of imidazole rings is 1. The van der Waals surface area contributed by atoms with Gasteiger partial charge >= 0.3 is 0 Å². The van der Waals surface area contributed by atoms with Crippen LogP contribution < -0.4 is 5.32 Å². The maximum Gasteiger partial charge on any atom is 0.274 e. The van der Waals surface area contributed by atoms with Crippen molar-refractivity contribution in [3.8, 4) is 0 Å². The summed E-state index contributed by atoms with van der Waals surface area (Å²) in [5, 5.41) is 3.23. The molecule has 1 unspecified atom stereocenters. The van der Waals surface area contributed by atoms with Crippen LogP contribution in [0.15, 0.2) is 6.20 Å². The minimum absolute atomic E-state index is 0.0505. The molecule has 0 radical (unpaired) electrons. The average Bonchev–Trinajstić information content (AvgIpc) is 2.91. The molecular formula is C14H22N4O2. The minimum atomic E-state index is 0.0505. The van der Waals surface area contributed by atoms with Gasteiger partial charge in [-0.05, 0) is 25.2 Å². The van der Waals surface area contributed by atoms with Gasteiger partial charge < -0.3 is 19.5 Å². The fourth-order valence-corrected chi connectivity index (χ4v) is 3.06. The number of methoxy groups -OCH3 is 1. The number of ether oxygens (including phenoxy) is 1. The molecule has 1 aromatic heterocycles. The van der Waals surface area contributed by atoms with E-state index in [0.717, 1.165) is 58.0 Å². The lowest BCUT2D eigenvalue weighted by atomic mass is 9.99. The topological polar surface area (TPSA) is 59.4 Å². The minimum Gasteiger partial charge on any atom is -0.384 e. The number of aromatic nitrogens is 2. The first-order chi connectivity index (χ1) is 9.78. The van der Waals surface area contributed by atoms with Gasteiger partial charge in [0.2, 0.25) is 5.95 Å². The molecule has 1 fully saturated rings. The molecule has 6 nitrogen and oxygen atoms in total. The average molecular weight is 278 g/mol. The largest absolute Gasteiger partial charge is 0.384 e. The summed E-state index contributed by atoms with van der Waals surface area (Å²) in [5.41, 5.74) is 0.562. The molecule has 1 atom stereocenters. The van der Waals surface area contributed by atoms with E-state index in [2.05, 4.69) is 10.3 Å². The van der Waals surface area contributed by atoms with Gasteiger partial charge in [0, 0.05) is 39.5 Å². The second kappa shape index (κ2) is 5.83. The van der Waals surface area contributed by atoms with E-state index in [1.54, 1.807) is 7.11 Å². The lowest BCUT2D eigenvalue weighted by Crippen LogP contribution is -2.41. The van der Waals surface area contributed by atoms with Gasteiger partial charge in [0.25, 0.3) is 5.91 Å². The van der Waals surface area contributed by atoms with Crippen LogP contribution >= 0.6 is 0 Å². The quantitative estimate of drug-likeness (QED) is 0.902. The lowest BCUT2D eigenvalue weighted by Gasteiger charge is -2.31. The van der Waals surface area contributed by atoms with Crippen LogP contribution in [0.1, 0.15) is 29.8 Å². The number of fused-ring (bicyclic) bond motifs is 1. The van der Waals surface area contributed by atoms with E-state index in [1.807, 2.05) is 15.7 Å². The number of amides is 1. The van der Waals surface area contributed by atoms with E-state index in [-0.39, 0.29) is 5.91 Å². The van der Waals surface area contributed by atoms with Crippen LogP contribution in [0.5, 0.6) is 0 Å². The first-order valence-corrected chi connectivity index (χ1v) is 7.37. The van der Waals surface area contributed by atoms with Crippen molar-refractivity contribution in [1.82, 2.24) is 14.5 Å². The van der Waals surface area contributed by atoms with Crippen LogP contribution in [0.4, 0.5) is 5.95 Å². The van der Waals surface area contributed by atoms with Gasteiger partial charge in [-0.2, -0.15) is 0 Å². The Morgan fingerprint density at radius 1 is 1.50 bits per heavy atom. The number of hydrogen-bond donors (Lipinski definition) is 1. The third kappa shape index (κ3) is 2.65. The summed E-state index contributed by atoms with van der Waals surface area (Å²) in [7, 11) is 1.72. The van der Waals surface area contributed by atoms with Crippen LogP contribution in [-0.4, -0.2) is 53.7 Å². The van der Waals surface area contributed by atoms with Crippen molar-refractivity contribution in [3.63, 3.8) is 0 Å². The van der Waals surface area contributed by atoms with Crippen molar-refractivity contribution in [2.45, 2.75) is 25.8 Å². The second-order valence-corrected chi connectivity index (χ2v) is 5.64. The van der Waals surface area contributed by atoms with Gasteiger partial charge in [0.05, 0.1) is 6.61 Å². The third-order valence-electron chi connectivity index (χ3n) is 4.06. The smallest absolute Gasteiger partial charge is 0.274 e. The van der Waals surface area contributed by atoms with Gasteiger partial charge in [-0.15, -0.1) is 0 Å². The van der Waals surface area contributed by atoms with Crippen molar-refractivity contribution < 1.29 is 9.53 Å². The molecule has 6 heteroatoms. The molecule has 3 rings (SSSR count). The number of nitrogens with zero attached hydrogens (tertiary/aromatic N) is 3. The second-order valence-electron chi connectivity index (χ2n) is 5.64. The number of hydrogen-bond acceptors (Lipinski definition) is 4. The molecule has 1 amide bonds. The first kappa shape index (κ1) is 13.4. The van der Waals surface area contributed by atoms with Gasteiger partial charge in [0.15, 0.2) is 0 Å². The maximum absolute atomic E-state index is 12.5. The van der Waals surface area contributed by atoms with Gasteiger partial charge in [0.1, 0.15) is 5.69 Å². The molecule has 3 heterocycles. The van der Waals surface area contributed by atoms with Gasteiger partial charge in [-0.25, -0.2) is 4.98 Å². The molecule has 0 aromatic carbocycles. The number of anilines is 1. The first-order valence-electron chi connectivity index (χ1n) is 7.37. The summed E-state index contributed by atoms with van der Waals surface area (Å²) < 4.78 is 7.25. The highest BCUT2D eigenvalue weighted by Crippen LogP contribution is 2.20. The molecule has 2 aliphatic rings. The Bertz CT molecular complexity index is 460. The van der Waals surface area contributed by atoms with E-state index < -0.39 is 0 Å². The fraction of sp³-hybridized carbons (Fsp3) is 0.714. The number of piperidine rings is 1. The molecule has 20 heavy (non-hydrogen) atoms. The summed E-state index contributed by atoms with van der Waals surface area (Å²) in [4.78, 5) is 18.9. The molecule has 0 bridgehead atoms. The van der Waals surface area contributed by atoms with Crippen molar-refractivity contribution in [2.75, 3.05) is 38.7 Å². The van der Waals surface area contributed by atoms with E-state index in [9.17, 15) is 4.79 Å². The standard InChI is InChI=1S/C14H22N4O2/c1-20-10-11-4-2-6-17(8-11)13(19)12-9-18-7-3-5-15-14(18)16-12/h9,11H,2-8,10H2,1H3,(H,15,16). The summed E-state index contributed by atoms with van der Waals surface area (Å²) in [5.74, 6) is 1.33. The Labute approximate surface area is 119 Å². The van der Waals surface area contributed by atoms with Crippen molar-refractivity contribution in [3.05, 3.63) is 11.9 Å². The van der Waals surface area contributed by atoms with E-state index in [0.29, 0.717) is 11.6 Å². The van der Waals surface area contributed by atoms with Crippen LogP contribution in [0.3, 0.4) is 0 Å². The summed E-state index contributed by atoms with van der Waals surface area (Å²) in [6.07, 6.45) is 5.14. The summed E-state index contributed by atoms with van der Waals surface area (Å²) >= 11 is 0. The number of carbonyl (C=O) groups excluding carboxylic acids is 1. The lowest BCUT2D eigenvalue weighted by molar-refractivity contribution is 0.0566. The van der Waals surface area contributed by atoms with Crippen molar-refractivity contribution in [1.29, 1.82) is 0 Å². The number of nitrogens with one attached hydrogen (secondary N) is 1. The highest BCUT2D eigenvalue weighted by atomic mass is 16.5. The molecule has 0 aliphatic carbocycles. The number of likely N-dealkylation sites (tertiary alicyclic amines) is 1. The Balaban J connectivity index is 1.70. The van der Waals surface area contributed by atoms with Gasteiger partial charge in [-0.3, -0.25) is 4.79 Å². The Morgan fingerprint density at radius 3 is 3.20 bits per heavy atom. The predicted molar refractivity (Wildman–Crippen MR) is 75.8 cm³/mol. The van der Waals surface area contributed by atoms with Crippen LogP contribution in [0.2, 0.25) is 0 Å². The molecule has 110 valence electrons. The molecule has 1 aromatic rings. The van der Waals surface area contributed by atoms with Crippen LogP contribution in [0.25, 0.3) is 0 Å². The maximum atomic E-state index is 12.5. The zero-order chi connectivity index (χ0) is 13.9. The molecule has 1 N–H and O–H groups in total. The number of carbonyl (C=O) groups is 1. The normalized spacial score (nSPS) is 22.2. The SMILES string of the molecule is COCC1CCCN(C(=O)c2cn3c(n2)NCCC3)C1. The predicted octanol–water partition coefficient (Wildman–Crippen LogP) is 1.20. The molecule has 2 aliphatic heterocycles. The van der Waals surface area contributed by atoms with Crippen molar-refractivity contribution in [2.24, 2.45) is 5.92 Å². The van der Waals surface area contributed by atoms with Crippen molar-refractivity contribution >= 4 is 11.9 Å². The third-order valence-corrected chi connectivity index (χ3v) is 4.06. The molecular weight excluding hydrogens is 256 g/mol. The van der Waals surface area contributed by atoms with E-state index in [4.69, 9.17) is 4.74 Å².